The molecule has 4 heteroatoms. The topological polar surface area (TPSA) is 32.3 Å². The average Bonchev–Trinajstić information content (AvgIpc) is 2.20. The van der Waals surface area contributed by atoms with Gasteiger partial charge in [0, 0.05) is 39.4 Å². The highest BCUT2D eigenvalue weighted by atomic mass is 15.3. The molecule has 1 radical (unpaired) electrons. The Kier molecular flexibility index (Phi) is 2.40. The van der Waals surface area contributed by atoms with Crippen LogP contribution in [-0.4, -0.2) is 41.0 Å². The van der Waals surface area contributed by atoms with Gasteiger partial charge in [0.05, 0.1) is 0 Å². The number of anilines is 1. The van der Waals surface area contributed by atoms with Crippen molar-refractivity contribution in [3.63, 3.8) is 0 Å². The maximum Gasteiger partial charge on any atom is 0.131 e. The monoisotopic (exact) mass is 177 g/mol. The van der Waals surface area contributed by atoms with Gasteiger partial charge in [0.15, 0.2) is 0 Å². The van der Waals surface area contributed by atoms with Crippen LogP contribution in [0.4, 0.5) is 5.82 Å². The molecule has 2 rings (SSSR count). The second kappa shape index (κ2) is 3.70. The van der Waals surface area contributed by atoms with Crippen LogP contribution in [0.3, 0.4) is 0 Å². The Hall–Kier alpha value is -1.16. The standard InChI is InChI=1S/C9H13N4/c1-12-4-6-13(7-5-12)9-2-3-10-8-11-9/h2-3,8H,1,4-7H2. The highest BCUT2D eigenvalue weighted by molar-refractivity contribution is 5.36. The van der Waals surface area contributed by atoms with Gasteiger partial charge in [-0.1, -0.05) is 0 Å². The van der Waals surface area contributed by atoms with Crippen LogP contribution >= 0.6 is 0 Å². The van der Waals surface area contributed by atoms with Crippen molar-refractivity contribution in [3.05, 3.63) is 25.6 Å². The zero-order chi connectivity index (χ0) is 9.10. The molecule has 0 saturated carbocycles. The minimum Gasteiger partial charge on any atom is -0.354 e. The Balaban J connectivity index is 2.03. The fourth-order valence-corrected chi connectivity index (χ4v) is 1.45. The molecule has 0 bridgehead atoms. The van der Waals surface area contributed by atoms with Crippen molar-refractivity contribution in [2.75, 3.05) is 31.1 Å². The summed E-state index contributed by atoms with van der Waals surface area (Å²) in [6.07, 6.45) is 3.37. The maximum atomic E-state index is 4.20. The lowest BCUT2D eigenvalue weighted by atomic mass is 10.3. The van der Waals surface area contributed by atoms with E-state index in [9.17, 15) is 0 Å². The largest absolute Gasteiger partial charge is 0.354 e. The second-order valence-corrected chi connectivity index (χ2v) is 3.17. The van der Waals surface area contributed by atoms with E-state index in [0.717, 1.165) is 32.0 Å². The Morgan fingerprint density at radius 2 is 2.00 bits per heavy atom. The van der Waals surface area contributed by atoms with E-state index in [2.05, 4.69) is 26.8 Å². The van der Waals surface area contributed by atoms with Crippen LogP contribution in [0, 0.1) is 7.05 Å². The van der Waals surface area contributed by atoms with Gasteiger partial charge < -0.3 is 4.90 Å². The third-order valence-electron chi connectivity index (χ3n) is 2.26. The lowest BCUT2D eigenvalue weighted by Crippen LogP contribution is -2.43. The van der Waals surface area contributed by atoms with E-state index >= 15 is 0 Å². The quantitative estimate of drug-likeness (QED) is 0.621. The summed E-state index contributed by atoms with van der Waals surface area (Å²) in [7, 11) is 3.90. The summed E-state index contributed by atoms with van der Waals surface area (Å²) >= 11 is 0. The second-order valence-electron chi connectivity index (χ2n) is 3.17. The number of piperazine rings is 1. The Morgan fingerprint density at radius 3 is 2.62 bits per heavy atom. The van der Waals surface area contributed by atoms with E-state index in [1.807, 2.05) is 6.07 Å². The third kappa shape index (κ3) is 1.95. The summed E-state index contributed by atoms with van der Waals surface area (Å²) in [5, 5.41) is 0. The lowest BCUT2D eigenvalue weighted by Gasteiger charge is -2.32. The van der Waals surface area contributed by atoms with Crippen molar-refractivity contribution in [1.29, 1.82) is 0 Å². The van der Waals surface area contributed by atoms with Crippen LogP contribution in [-0.2, 0) is 0 Å². The van der Waals surface area contributed by atoms with Gasteiger partial charge in [0.1, 0.15) is 12.1 Å². The molecule has 0 aromatic carbocycles. The number of rotatable bonds is 1. The Morgan fingerprint density at radius 1 is 1.23 bits per heavy atom. The van der Waals surface area contributed by atoms with Crippen molar-refractivity contribution in [2.24, 2.45) is 0 Å². The molecule has 1 aliphatic rings. The molecule has 1 aromatic rings. The lowest BCUT2D eigenvalue weighted by molar-refractivity contribution is 0.343. The minimum atomic E-state index is 1.00. The first-order chi connectivity index (χ1) is 6.36. The number of aromatic nitrogens is 2. The Labute approximate surface area is 78.2 Å². The Bertz CT molecular complexity index is 254. The number of hydrogen-bond donors (Lipinski definition) is 0. The van der Waals surface area contributed by atoms with Crippen molar-refractivity contribution < 1.29 is 0 Å². The van der Waals surface area contributed by atoms with Crippen molar-refractivity contribution in [3.8, 4) is 0 Å². The normalized spacial score (nSPS) is 19.0. The van der Waals surface area contributed by atoms with Crippen LogP contribution in [0.15, 0.2) is 18.6 Å². The van der Waals surface area contributed by atoms with E-state index in [1.54, 1.807) is 12.5 Å². The van der Waals surface area contributed by atoms with E-state index in [1.165, 1.54) is 0 Å². The highest BCUT2D eigenvalue weighted by Crippen LogP contribution is 2.10. The molecule has 2 heterocycles. The van der Waals surface area contributed by atoms with Crippen LogP contribution in [0.1, 0.15) is 0 Å². The molecular formula is C9H13N4. The summed E-state index contributed by atoms with van der Waals surface area (Å²) in [6.45, 7) is 4.01. The first-order valence-electron chi connectivity index (χ1n) is 4.42. The molecule has 1 saturated heterocycles. The van der Waals surface area contributed by atoms with Crippen LogP contribution in [0.25, 0.3) is 0 Å². The average molecular weight is 177 g/mol. The molecule has 13 heavy (non-hydrogen) atoms. The van der Waals surface area contributed by atoms with E-state index in [4.69, 9.17) is 0 Å². The molecular weight excluding hydrogens is 164 g/mol. The predicted molar refractivity (Wildman–Crippen MR) is 51.2 cm³/mol. The molecule has 4 nitrogen and oxygen atoms in total. The highest BCUT2D eigenvalue weighted by Gasteiger charge is 2.14. The van der Waals surface area contributed by atoms with Crippen LogP contribution in [0.2, 0.25) is 0 Å². The zero-order valence-corrected chi connectivity index (χ0v) is 7.56. The summed E-state index contributed by atoms with van der Waals surface area (Å²) in [5.41, 5.74) is 0. The molecule has 1 fully saturated rings. The van der Waals surface area contributed by atoms with E-state index in [0.29, 0.717) is 0 Å². The fraction of sp³-hybridized carbons (Fsp3) is 0.444. The van der Waals surface area contributed by atoms with Gasteiger partial charge in [0.25, 0.3) is 0 Å². The first-order valence-corrected chi connectivity index (χ1v) is 4.42. The molecule has 69 valence electrons. The van der Waals surface area contributed by atoms with Crippen molar-refractivity contribution in [1.82, 2.24) is 14.9 Å². The SMILES string of the molecule is [CH2]N1CCN(c2ccncn2)CC1. The number of nitrogens with zero attached hydrogens (tertiary/aromatic N) is 4. The minimum absolute atomic E-state index is 1.00. The number of hydrogen-bond acceptors (Lipinski definition) is 4. The van der Waals surface area contributed by atoms with Gasteiger partial charge in [-0.05, 0) is 6.07 Å². The third-order valence-corrected chi connectivity index (χ3v) is 2.26. The summed E-state index contributed by atoms with van der Waals surface area (Å²) in [5.74, 6) is 1.02. The van der Waals surface area contributed by atoms with Gasteiger partial charge >= 0.3 is 0 Å². The zero-order valence-electron chi connectivity index (χ0n) is 7.56. The molecule has 0 spiro atoms. The van der Waals surface area contributed by atoms with Crippen LogP contribution in [0.5, 0.6) is 0 Å². The summed E-state index contributed by atoms with van der Waals surface area (Å²) in [6, 6.07) is 1.94. The van der Waals surface area contributed by atoms with Gasteiger partial charge in [-0.15, -0.1) is 0 Å². The predicted octanol–water partition coefficient (Wildman–Crippen LogP) is 0.390. The smallest absolute Gasteiger partial charge is 0.131 e. The van der Waals surface area contributed by atoms with E-state index < -0.39 is 0 Å². The molecule has 0 unspecified atom stereocenters. The van der Waals surface area contributed by atoms with E-state index in [-0.39, 0.29) is 0 Å². The van der Waals surface area contributed by atoms with Crippen LogP contribution < -0.4 is 4.90 Å². The molecule has 0 atom stereocenters. The summed E-state index contributed by atoms with van der Waals surface area (Å²) < 4.78 is 0. The molecule has 0 N–H and O–H groups in total. The van der Waals surface area contributed by atoms with Crippen molar-refractivity contribution in [2.45, 2.75) is 0 Å². The fourth-order valence-electron chi connectivity index (χ4n) is 1.45. The van der Waals surface area contributed by atoms with Gasteiger partial charge in [-0.2, -0.15) is 0 Å². The van der Waals surface area contributed by atoms with Crippen molar-refractivity contribution >= 4 is 5.82 Å². The first kappa shape index (κ1) is 8.44. The van der Waals surface area contributed by atoms with Gasteiger partial charge in [0.2, 0.25) is 0 Å². The molecule has 1 aliphatic heterocycles. The molecule has 0 aliphatic carbocycles. The molecule has 0 amide bonds. The maximum absolute atomic E-state index is 4.20. The van der Waals surface area contributed by atoms with Gasteiger partial charge in [-0.25, -0.2) is 9.97 Å². The molecule has 1 aromatic heterocycles. The van der Waals surface area contributed by atoms with Gasteiger partial charge in [-0.3, -0.25) is 4.90 Å². The summed E-state index contributed by atoms with van der Waals surface area (Å²) in [4.78, 5) is 12.4.